The average molecular weight is 412 g/mol. The van der Waals surface area contributed by atoms with Crippen molar-refractivity contribution in [1.82, 2.24) is 0 Å². The SMILES string of the molecule is [B]c1c(P)cc(P)c([B])c1Oc1ccc(B2OC(C)(C)C(C)(C)O2)c(P)c1. The summed E-state index contributed by atoms with van der Waals surface area (Å²) in [5.74, 6) is 1.10. The molecular weight excluding hydrogens is 390 g/mol. The minimum absolute atomic E-state index is 0.388. The summed E-state index contributed by atoms with van der Waals surface area (Å²) in [6, 6.07) is 7.60. The van der Waals surface area contributed by atoms with Crippen LogP contribution in [0, 0.1) is 0 Å². The van der Waals surface area contributed by atoms with Gasteiger partial charge in [0.1, 0.15) is 27.2 Å². The lowest BCUT2D eigenvalue weighted by molar-refractivity contribution is 0.00578. The fraction of sp³-hybridized carbons (Fsp3) is 0.333. The molecule has 1 heterocycles. The number of ether oxygens (including phenoxy) is 1. The molecule has 3 atom stereocenters. The molecule has 0 aromatic heterocycles. The Hall–Kier alpha value is -0.355. The van der Waals surface area contributed by atoms with Gasteiger partial charge in [-0.15, -0.1) is 27.7 Å². The first-order valence-corrected chi connectivity index (χ1v) is 10.3. The molecule has 4 radical (unpaired) electrons. The largest absolute Gasteiger partial charge is 0.495 e. The molecule has 0 saturated carbocycles. The zero-order chi connectivity index (χ0) is 20.1. The molecule has 1 fully saturated rings. The molecule has 9 heteroatoms. The van der Waals surface area contributed by atoms with Crippen LogP contribution in [-0.4, -0.2) is 34.0 Å². The lowest BCUT2D eigenvalue weighted by Gasteiger charge is -2.32. The highest BCUT2D eigenvalue weighted by Gasteiger charge is 2.52. The van der Waals surface area contributed by atoms with Gasteiger partial charge in [0.15, 0.2) is 0 Å². The Balaban J connectivity index is 1.89. The van der Waals surface area contributed by atoms with Gasteiger partial charge < -0.3 is 14.0 Å². The summed E-state index contributed by atoms with van der Waals surface area (Å²) in [7, 11) is 19.8. The van der Waals surface area contributed by atoms with Crippen molar-refractivity contribution in [1.29, 1.82) is 0 Å². The van der Waals surface area contributed by atoms with Crippen LogP contribution in [0.5, 0.6) is 11.5 Å². The summed E-state index contributed by atoms with van der Waals surface area (Å²) < 4.78 is 18.3. The zero-order valence-corrected chi connectivity index (χ0v) is 19.5. The highest BCUT2D eigenvalue weighted by atomic mass is 31.0. The molecule has 3 nitrogen and oxygen atoms in total. The van der Waals surface area contributed by atoms with Gasteiger partial charge in [0, 0.05) is 0 Å². The summed E-state index contributed by atoms with van der Waals surface area (Å²) in [6.45, 7) is 8.15. The second-order valence-corrected chi connectivity index (χ2v) is 9.56. The van der Waals surface area contributed by atoms with Gasteiger partial charge in [0.2, 0.25) is 0 Å². The van der Waals surface area contributed by atoms with E-state index in [2.05, 4.69) is 27.7 Å². The molecule has 1 aliphatic heterocycles. The van der Waals surface area contributed by atoms with Crippen molar-refractivity contribution >= 4 is 82.8 Å². The Bertz CT molecular complexity index is 861. The first-order valence-electron chi connectivity index (χ1n) is 8.59. The summed E-state index contributed by atoms with van der Waals surface area (Å²) in [5, 5.41) is 2.60. The maximum Gasteiger partial charge on any atom is 0.495 e. The molecule has 0 bridgehead atoms. The molecule has 1 saturated heterocycles. The Morgan fingerprint density at radius 2 is 1.37 bits per heavy atom. The quantitative estimate of drug-likeness (QED) is 0.520. The van der Waals surface area contributed by atoms with E-state index >= 15 is 0 Å². The fourth-order valence-electron chi connectivity index (χ4n) is 2.76. The van der Waals surface area contributed by atoms with Crippen molar-refractivity contribution < 1.29 is 14.0 Å². The van der Waals surface area contributed by atoms with E-state index in [4.69, 9.17) is 29.7 Å². The number of rotatable bonds is 3. The molecule has 2 aromatic carbocycles. The Morgan fingerprint density at radius 3 is 1.85 bits per heavy atom. The highest BCUT2D eigenvalue weighted by Crippen LogP contribution is 2.36. The van der Waals surface area contributed by atoms with Crippen molar-refractivity contribution in [2.24, 2.45) is 0 Å². The second kappa shape index (κ2) is 7.48. The zero-order valence-electron chi connectivity index (χ0n) is 16.0. The van der Waals surface area contributed by atoms with Gasteiger partial charge in [-0.1, -0.05) is 6.07 Å². The minimum Gasteiger partial charge on any atom is -0.459 e. The fourth-order valence-corrected chi connectivity index (χ4v) is 3.97. The Morgan fingerprint density at radius 1 is 0.852 bits per heavy atom. The monoisotopic (exact) mass is 412 g/mol. The molecule has 1 aliphatic rings. The molecule has 0 aliphatic carbocycles. The van der Waals surface area contributed by atoms with Crippen molar-refractivity contribution in [2.75, 3.05) is 0 Å². The van der Waals surface area contributed by atoms with Gasteiger partial charge in [-0.25, -0.2) is 0 Å². The molecule has 2 aromatic rings. The molecule has 0 N–H and O–H groups in total. The smallest absolute Gasteiger partial charge is 0.459 e. The van der Waals surface area contributed by atoms with E-state index in [0.29, 0.717) is 22.4 Å². The van der Waals surface area contributed by atoms with Crippen LogP contribution >= 0.6 is 27.7 Å². The molecular formula is C18H22B3O3P3. The van der Waals surface area contributed by atoms with Crippen LogP contribution in [0.15, 0.2) is 24.3 Å². The van der Waals surface area contributed by atoms with Crippen molar-refractivity contribution in [3.8, 4) is 11.5 Å². The van der Waals surface area contributed by atoms with E-state index in [1.165, 1.54) is 0 Å². The number of hydrogen-bond acceptors (Lipinski definition) is 3. The maximum absolute atomic E-state index is 6.15. The van der Waals surface area contributed by atoms with Gasteiger partial charge in [0.25, 0.3) is 0 Å². The third kappa shape index (κ3) is 4.03. The number of benzene rings is 2. The predicted molar refractivity (Wildman–Crippen MR) is 127 cm³/mol. The lowest BCUT2D eigenvalue weighted by atomic mass is 9.79. The van der Waals surface area contributed by atoms with Gasteiger partial charge in [-0.3, -0.25) is 0 Å². The Labute approximate surface area is 171 Å². The van der Waals surface area contributed by atoms with Gasteiger partial charge >= 0.3 is 7.12 Å². The second-order valence-electron chi connectivity index (χ2n) is 7.69. The molecule has 0 amide bonds. The first-order chi connectivity index (χ1) is 12.4. The summed E-state index contributed by atoms with van der Waals surface area (Å²) >= 11 is 0. The Kier molecular flexibility index (Phi) is 5.91. The molecule has 136 valence electrons. The van der Waals surface area contributed by atoms with Gasteiger partial charge in [-0.05, 0) is 78.2 Å². The normalized spacial score (nSPS) is 18.0. The molecule has 27 heavy (non-hydrogen) atoms. The summed E-state index contributed by atoms with van der Waals surface area (Å²) in [5.41, 5.74) is 1.18. The minimum atomic E-state index is -0.430. The summed E-state index contributed by atoms with van der Waals surface area (Å²) in [6.07, 6.45) is 0. The van der Waals surface area contributed by atoms with E-state index < -0.39 is 7.12 Å². The molecule has 0 spiro atoms. The van der Waals surface area contributed by atoms with E-state index in [9.17, 15) is 0 Å². The van der Waals surface area contributed by atoms with Crippen LogP contribution in [0.2, 0.25) is 0 Å². The van der Waals surface area contributed by atoms with Crippen LogP contribution in [0.4, 0.5) is 0 Å². The van der Waals surface area contributed by atoms with Gasteiger partial charge in [0.05, 0.1) is 11.2 Å². The highest BCUT2D eigenvalue weighted by molar-refractivity contribution is 7.31. The van der Waals surface area contributed by atoms with E-state index in [-0.39, 0.29) is 11.2 Å². The van der Waals surface area contributed by atoms with Crippen LogP contribution in [-0.2, 0) is 9.31 Å². The van der Waals surface area contributed by atoms with Crippen LogP contribution in [0.1, 0.15) is 27.7 Å². The van der Waals surface area contributed by atoms with E-state index in [1.54, 1.807) is 0 Å². The lowest BCUT2D eigenvalue weighted by Crippen LogP contribution is -2.41. The van der Waals surface area contributed by atoms with Gasteiger partial charge in [-0.2, -0.15) is 0 Å². The van der Waals surface area contributed by atoms with Crippen molar-refractivity contribution in [2.45, 2.75) is 38.9 Å². The standard InChI is InChI=1S/C18H22B3O3P3/c1-17(2)18(3,4)24-21(23-17)10-6-5-9(7-11(10)25)22-16-14(19)12(26)8-13(27)15(16)20/h5-8H,25-27H2,1-4H3. The summed E-state index contributed by atoms with van der Waals surface area (Å²) in [4.78, 5) is 0. The first kappa shape index (κ1) is 21.4. The molecule has 3 rings (SSSR count). The predicted octanol–water partition coefficient (Wildman–Crippen LogP) is -0.133. The van der Waals surface area contributed by atoms with Crippen molar-refractivity contribution in [3.63, 3.8) is 0 Å². The maximum atomic E-state index is 6.15. The van der Waals surface area contributed by atoms with E-state index in [0.717, 1.165) is 21.4 Å². The third-order valence-electron chi connectivity index (χ3n) is 5.21. The van der Waals surface area contributed by atoms with Crippen LogP contribution in [0.3, 0.4) is 0 Å². The number of hydrogen-bond donors (Lipinski definition) is 0. The molecule has 3 unspecified atom stereocenters. The van der Waals surface area contributed by atoms with E-state index in [1.807, 2.05) is 52.0 Å². The topological polar surface area (TPSA) is 27.7 Å². The average Bonchev–Trinajstić information content (AvgIpc) is 2.77. The van der Waals surface area contributed by atoms with Crippen LogP contribution < -0.4 is 37.0 Å². The van der Waals surface area contributed by atoms with Crippen molar-refractivity contribution in [3.05, 3.63) is 24.3 Å². The van der Waals surface area contributed by atoms with Crippen LogP contribution in [0.25, 0.3) is 0 Å². The third-order valence-corrected chi connectivity index (χ3v) is 6.66.